The second-order valence-corrected chi connectivity index (χ2v) is 4.29. The number of nitrogens with zero attached hydrogens (tertiary/aromatic N) is 1. The van der Waals surface area contributed by atoms with Crippen LogP contribution in [0.15, 0.2) is 4.99 Å². The van der Waals surface area contributed by atoms with Gasteiger partial charge >= 0.3 is 0 Å². The number of rotatable bonds is 5. The second-order valence-electron chi connectivity index (χ2n) is 3.09. The van der Waals surface area contributed by atoms with Gasteiger partial charge < -0.3 is 0 Å². The lowest BCUT2D eigenvalue weighted by Crippen LogP contribution is -2.02. The van der Waals surface area contributed by atoms with Crippen LogP contribution in [0.2, 0.25) is 0 Å². The Morgan fingerprint density at radius 2 is 2.08 bits per heavy atom. The van der Waals surface area contributed by atoms with E-state index in [1.165, 1.54) is 7.11 Å². The topological polar surface area (TPSA) is 38.7 Å². The summed E-state index contributed by atoms with van der Waals surface area (Å²) in [6.07, 6.45) is 0.959. The molecular formula is C9H21NO2S. The zero-order valence-corrected chi connectivity index (χ0v) is 8.98. The van der Waals surface area contributed by atoms with Crippen LogP contribution < -0.4 is 0 Å². The molecule has 0 heterocycles. The first-order valence-corrected chi connectivity index (χ1v) is 5.23. The van der Waals surface area contributed by atoms with Gasteiger partial charge in [0.05, 0.1) is 7.11 Å². The highest BCUT2D eigenvalue weighted by molar-refractivity contribution is 7.80. The molecule has 0 aliphatic heterocycles. The van der Waals surface area contributed by atoms with Gasteiger partial charge in [0, 0.05) is 5.71 Å². The van der Waals surface area contributed by atoms with Crippen molar-refractivity contribution in [3.63, 3.8) is 0 Å². The largest absolute Gasteiger partial charge is 0.292 e. The first-order chi connectivity index (χ1) is 5.56. The van der Waals surface area contributed by atoms with E-state index in [4.69, 9.17) is 0 Å². The summed E-state index contributed by atoms with van der Waals surface area (Å²) in [5.74, 6) is 0.861. The van der Waals surface area contributed by atoms with E-state index in [2.05, 4.69) is 23.0 Å². The predicted octanol–water partition coefficient (Wildman–Crippen LogP) is 2.40. The summed E-state index contributed by atoms with van der Waals surface area (Å²) >= 11 is -1.25. The van der Waals surface area contributed by atoms with Crippen LogP contribution in [-0.2, 0) is 15.3 Å². The zero-order valence-electron chi connectivity index (χ0n) is 8.16. The van der Waals surface area contributed by atoms with Crippen LogP contribution in [0.25, 0.3) is 0 Å². The van der Waals surface area contributed by atoms with Crippen molar-refractivity contribution in [2.45, 2.75) is 34.6 Å². The van der Waals surface area contributed by atoms with Gasteiger partial charge in [-0.05, 0) is 19.3 Å². The summed E-state index contributed by atoms with van der Waals surface area (Å²) in [5, 5.41) is 0. The minimum atomic E-state index is -1.25. The van der Waals surface area contributed by atoms with Crippen LogP contribution in [0.5, 0.6) is 0 Å². The normalized spacial score (nSPS) is 14.1. The van der Waals surface area contributed by atoms with Crippen molar-refractivity contribution in [1.29, 1.82) is 0 Å². The molecule has 0 aliphatic rings. The SMILES string of the molecule is C.COS(=O)CN=C(C)CC(C)C. The molecule has 3 nitrogen and oxygen atoms in total. The minimum Gasteiger partial charge on any atom is -0.292 e. The molecule has 13 heavy (non-hydrogen) atoms. The second kappa shape index (κ2) is 8.38. The molecule has 0 saturated heterocycles. The van der Waals surface area contributed by atoms with Gasteiger partial charge in [-0.25, -0.2) is 4.21 Å². The summed E-state index contributed by atoms with van der Waals surface area (Å²) in [7, 11) is 1.42. The quantitative estimate of drug-likeness (QED) is 0.649. The van der Waals surface area contributed by atoms with Gasteiger partial charge in [0.15, 0.2) is 11.1 Å². The smallest absolute Gasteiger partial charge is 0.177 e. The molecule has 0 saturated carbocycles. The fourth-order valence-corrected chi connectivity index (χ4v) is 1.30. The molecular weight excluding hydrogens is 186 g/mol. The first kappa shape index (κ1) is 15.3. The summed E-state index contributed by atoms with van der Waals surface area (Å²) in [6, 6.07) is 0. The predicted molar refractivity (Wildman–Crippen MR) is 59.3 cm³/mol. The maximum absolute atomic E-state index is 10.8. The van der Waals surface area contributed by atoms with Crippen molar-refractivity contribution in [1.82, 2.24) is 0 Å². The number of aliphatic imine (C=N–C) groups is 1. The van der Waals surface area contributed by atoms with E-state index < -0.39 is 11.1 Å². The van der Waals surface area contributed by atoms with Gasteiger partial charge in [0.2, 0.25) is 0 Å². The van der Waals surface area contributed by atoms with E-state index in [9.17, 15) is 4.21 Å². The maximum Gasteiger partial charge on any atom is 0.177 e. The van der Waals surface area contributed by atoms with E-state index in [0.717, 1.165) is 12.1 Å². The molecule has 0 fully saturated rings. The van der Waals surface area contributed by atoms with Crippen molar-refractivity contribution in [3.05, 3.63) is 0 Å². The van der Waals surface area contributed by atoms with Crippen molar-refractivity contribution in [2.75, 3.05) is 13.0 Å². The number of hydrogen-bond donors (Lipinski definition) is 0. The van der Waals surface area contributed by atoms with Crippen LogP contribution in [-0.4, -0.2) is 22.9 Å². The molecule has 80 valence electrons. The Balaban J connectivity index is 0. The highest BCUT2D eigenvalue weighted by Gasteiger charge is 1.98. The molecule has 0 radical (unpaired) electrons. The lowest BCUT2D eigenvalue weighted by molar-refractivity contribution is 0.446. The number of hydrogen-bond acceptors (Lipinski definition) is 3. The van der Waals surface area contributed by atoms with Crippen molar-refractivity contribution < 1.29 is 8.39 Å². The molecule has 1 unspecified atom stereocenters. The van der Waals surface area contributed by atoms with Crippen LogP contribution in [0.3, 0.4) is 0 Å². The molecule has 0 aromatic carbocycles. The zero-order chi connectivity index (χ0) is 9.56. The molecule has 0 N–H and O–H groups in total. The van der Waals surface area contributed by atoms with E-state index in [1.807, 2.05) is 6.92 Å². The highest BCUT2D eigenvalue weighted by Crippen LogP contribution is 2.01. The van der Waals surface area contributed by atoms with Crippen LogP contribution in [0.4, 0.5) is 0 Å². The molecule has 0 aromatic rings. The van der Waals surface area contributed by atoms with Crippen molar-refractivity contribution >= 4 is 16.8 Å². The van der Waals surface area contributed by atoms with E-state index in [-0.39, 0.29) is 13.3 Å². The monoisotopic (exact) mass is 207 g/mol. The van der Waals surface area contributed by atoms with Crippen LogP contribution in [0.1, 0.15) is 34.6 Å². The molecule has 0 aromatic heterocycles. The summed E-state index contributed by atoms with van der Waals surface area (Å²) in [6.45, 7) is 6.21. The Labute approximate surface area is 84.3 Å². The van der Waals surface area contributed by atoms with E-state index in [1.54, 1.807) is 0 Å². The lowest BCUT2D eigenvalue weighted by Gasteiger charge is -2.03. The third-order valence-corrected chi connectivity index (χ3v) is 2.04. The van der Waals surface area contributed by atoms with Crippen LogP contribution in [0, 0.1) is 5.92 Å². The van der Waals surface area contributed by atoms with Gasteiger partial charge in [-0.15, -0.1) is 0 Å². The third-order valence-electron chi connectivity index (χ3n) is 1.33. The molecule has 0 bridgehead atoms. The Morgan fingerprint density at radius 3 is 2.46 bits per heavy atom. The van der Waals surface area contributed by atoms with Gasteiger partial charge in [0.25, 0.3) is 0 Å². The summed E-state index contributed by atoms with van der Waals surface area (Å²) in [5.41, 5.74) is 1.04. The van der Waals surface area contributed by atoms with E-state index in [0.29, 0.717) is 5.92 Å². The first-order valence-electron chi connectivity index (χ1n) is 3.99. The molecule has 0 spiro atoms. The van der Waals surface area contributed by atoms with Crippen molar-refractivity contribution in [3.8, 4) is 0 Å². The van der Waals surface area contributed by atoms with Crippen molar-refractivity contribution in [2.24, 2.45) is 10.9 Å². The molecule has 0 amide bonds. The molecule has 1 atom stereocenters. The standard InChI is InChI=1S/C8H17NO2S.CH4/c1-7(2)5-8(3)9-6-12(10)11-4;/h7H,5-6H2,1-4H3;1H4. The van der Waals surface area contributed by atoms with E-state index >= 15 is 0 Å². The van der Waals surface area contributed by atoms with Gasteiger partial charge in [0.1, 0.15) is 5.88 Å². The van der Waals surface area contributed by atoms with Gasteiger partial charge in [-0.1, -0.05) is 21.3 Å². The highest BCUT2D eigenvalue weighted by atomic mass is 32.2. The summed E-state index contributed by atoms with van der Waals surface area (Å²) in [4.78, 5) is 4.13. The molecule has 0 rings (SSSR count). The molecule has 0 aliphatic carbocycles. The Hall–Kier alpha value is -0.220. The Morgan fingerprint density at radius 1 is 1.54 bits per heavy atom. The maximum atomic E-state index is 10.8. The van der Waals surface area contributed by atoms with Crippen LogP contribution >= 0.6 is 0 Å². The summed E-state index contributed by atoms with van der Waals surface area (Å²) < 4.78 is 15.4. The molecule has 4 heteroatoms. The average molecular weight is 207 g/mol. The average Bonchev–Trinajstić information content (AvgIpc) is 1.99. The Bertz CT molecular complexity index is 178. The van der Waals surface area contributed by atoms with Gasteiger partial charge in [-0.3, -0.25) is 9.18 Å². The van der Waals surface area contributed by atoms with Gasteiger partial charge in [-0.2, -0.15) is 0 Å². The Kier molecular flexibility index (Phi) is 9.84. The lowest BCUT2D eigenvalue weighted by atomic mass is 10.1. The third kappa shape index (κ3) is 9.70. The minimum absolute atomic E-state index is 0. The fourth-order valence-electron chi connectivity index (χ4n) is 0.871. The fraction of sp³-hybridized carbons (Fsp3) is 0.889.